The van der Waals surface area contributed by atoms with Gasteiger partial charge in [-0.15, -0.1) is 18.2 Å². The van der Waals surface area contributed by atoms with Gasteiger partial charge >= 0.3 is 20.1 Å². The first kappa shape index (κ1) is 26.0. The molecule has 3 aromatic heterocycles. The summed E-state index contributed by atoms with van der Waals surface area (Å²) in [7, 11) is 3.45. The molecule has 0 saturated heterocycles. The van der Waals surface area contributed by atoms with Crippen LogP contribution in [0.4, 0.5) is 17.6 Å². The number of pyridine rings is 1. The quantitative estimate of drug-likeness (QED) is 0.200. The van der Waals surface area contributed by atoms with Crippen LogP contribution in [0.25, 0.3) is 33.8 Å². The summed E-state index contributed by atoms with van der Waals surface area (Å²) in [5, 5.41) is 8.22. The first-order valence-electron chi connectivity index (χ1n) is 10.0. The van der Waals surface area contributed by atoms with E-state index < -0.39 is 23.3 Å². The number of rotatable bonds is 3. The van der Waals surface area contributed by atoms with E-state index in [9.17, 15) is 17.6 Å². The zero-order chi connectivity index (χ0) is 24.2. The molecule has 0 amide bonds. The number of aryl methyl sites for hydroxylation is 2. The van der Waals surface area contributed by atoms with Gasteiger partial charge in [0.05, 0.1) is 11.6 Å². The van der Waals surface area contributed by atoms with Crippen molar-refractivity contribution in [2.75, 3.05) is 0 Å². The Labute approximate surface area is 212 Å². The molecule has 10 heteroatoms. The number of hydrogen-bond acceptors (Lipinski definition) is 3. The molecule has 5 aromatic rings. The van der Waals surface area contributed by atoms with E-state index in [4.69, 9.17) is 0 Å². The first-order valence-corrected chi connectivity index (χ1v) is 10.0. The summed E-state index contributed by atoms with van der Waals surface area (Å²) < 4.78 is 56.7. The van der Waals surface area contributed by atoms with E-state index in [1.807, 2.05) is 0 Å². The van der Waals surface area contributed by atoms with Crippen LogP contribution in [0, 0.1) is 35.4 Å². The summed E-state index contributed by atoms with van der Waals surface area (Å²) >= 11 is 0. The number of nitrogens with zero attached hydrogens (tertiary/aromatic N) is 5. The van der Waals surface area contributed by atoms with E-state index in [0.29, 0.717) is 17.1 Å². The SMILES string of the molecule is Cn1ccc(-c2[c-]c(-c3ccn(C)n3)c(F)cc2F)n1.Fc1c[c-]c(-c2ccccn2)c(F)c1.[IrH+2]. The van der Waals surface area contributed by atoms with E-state index in [0.717, 1.165) is 18.2 Å². The second-order valence-electron chi connectivity index (χ2n) is 7.22. The van der Waals surface area contributed by atoms with Gasteiger partial charge in [0.1, 0.15) is 0 Å². The number of hydrogen-bond donors (Lipinski definition) is 0. The van der Waals surface area contributed by atoms with Gasteiger partial charge < -0.3 is 4.98 Å². The third-order valence-electron chi connectivity index (χ3n) is 4.70. The fraction of sp³-hybridized carbons (Fsp3) is 0.0800. The molecule has 3 heterocycles. The molecule has 0 unspecified atom stereocenters. The van der Waals surface area contributed by atoms with Crippen molar-refractivity contribution in [2.24, 2.45) is 14.1 Å². The summed E-state index contributed by atoms with van der Waals surface area (Å²) in [6.07, 6.45) is 4.92. The molecule has 5 rings (SSSR count). The molecular weight excluding hydrogens is 639 g/mol. The van der Waals surface area contributed by atoms with Crippen molar-refractivity contribution in [3.63, 3.8) is 0 Å². The van der Waals surface area contributed by atoms with Crippen molar-refractivity contribution in [1.29, 1.82) is 0 Å². The van der Waals surface area contributed by atoms with Gasteiger partial charge in [0, 0.05) is 55.7 Å². The Kier molecular flexibility index (Phi) is 8.32. The van der Waals surface area contributed by atoms with Crippen molar-refractivity contribution in [3.05, 3.63) is 103 Å². The molecule has 0 fully saturated rings. The second kappa shape index (κ2) is 11.2. The standard InChI is InChI=1S/C14H11F2N4.C11H6F2N.Ir.H/c1-19-5-3-13(17-19)9-7-10(12(16)8-11(9)15)14-4-6-20(2)18-14;12-8-4-5-9(10(13)7-8)11-3-1-2-6-14-11;;/h3-6,8H,1-2H3;1-4,6-7H;;/q2*-1;+2;. The molecule has 0 aliphatic carbocycles. The summed E-state index contributed by atoms with van der Waals surface area (Å²) in [5.74, 6) is -2.67. The Morgan fingerprint density at radius 3 is 1.74 bits per heavy atom. The molecule has 180 valence electrons. The molecule has 0 aliphatic heterocycles. The van der Waals surface area contributed by atoms with E-state index >= 15 is 0 Å². The van der Waals surface area contributed by atoms with Crippen LogP contribution >= 0.6 is 0 Å². The molecule has 0 atom stereocenters. The van der Waals surface area contributed by atoms with Gasteiger partial charge in [-0.2, -0.15) is 0 Å². The maximum atomic E-state index is 13.9. The van der Waals surface area contributed by atoms with E-state index in [2.05, 4.69) is 27.3 Å². The summed E-state index contributed by atoms with van der Waals surface area (Å²) in [5.41, 5.74) is 1.71. The fourth-order valence-corrected chi connectivity index (χ4v) is 3.12. The molecule has 0 spiro atoms. The third-order valence-corrected chi connectivity index (χ3v) is 4.70. The predicted molar refractivity (Wildman–Crippen MR) is 119 cm³/mol. The zero-order valence-corrected chi connectivity index (χ0v) is 21.0. The average Bonchev–Trinajstić information content (AvgIpc) is 3.43. The topological polar surface area (TPSA) is 48.5 Å². The number of benzene rings is 2. The van der Waals surface area contributed by atoms with Gasteiger partial charge in [0.15, 0.2) is 0 Å². The van der Waals surface area contributed by atoms with Gasteiger partial charge in [0.2, 0.25) is 0 Å². The van der Waals surface area contributed by atoms with Crippen molar-refractivity contribution in [1.82, 2.24) is 24.5 Å². The van der Waals surface area contributed by atoms with Crippen LogP contribution in [-0.2, 0) is 34.2 Å². The molecule has 0 saturated carbocycles. The number of aromatic nitrogens is 5. The van der Waals surface area contributed by atoms with Gasteiger partial charge in [-0.1, -0.05) is 53.1 Å². The molecule has 5 nitrogen and oxygen atoms in total. The summed E-state index contributed by atoms with van der Waals surface area (Å²) in [6.45, 7) is 0. The Hall–Kier alpha value is -3.62. The van der Waals surface area contributed by atoms with E-state index in [1.165, 1.54) is 0 Å². The monoisotopic (exact) mass is 657 g/mol. The molecule has 0 aliphatic rings. The van der Waals surface area contributed by atoms with Gasteiger partial charge in [-0.25, -0.2) is 10.2 Å². The Morgan fingerprint density at radius 1 is 0.714 bits per heavy atom. The Bertz CT molecular complexity index is 1370. The van der Waals surface area contributed by atoms with Crippen LogP contribution in [-0.4, -0.2) is 24.5 Å². The second-order valence-corrected chi connectivity index (χ2v) is 7.22. The third kappa shape index (κ3) is 6.09. The van der Waals surface area contributed by atoms with Crippen molar-refractivity contribution < 1.29 is 37.7 Å². The van der Waals surface area contributed by atoms with Gasteiger partial charge in [-0.3, -0.25) is 26.9 Å². The first-order chi connectivity index (χ1) is 16.3. The summed E-state index contributed by atoms with van der Waals surface area (Å²) in [4.78, 5) is 3.95. The fourth-order valence-electron chi connectivity index (χ4n) is 3.12. The van der Waals surface area contributed by atoms with Crippen molar-refractivity contribution >= 4 is 0 Å². The van der Waals surface area contributed by atoms with Crippen molar-refractivity contribution in [3.8, 4) is 33.8 Å². The normalized spacial score (nSPS) is 10.3. The molecule has 0 bridgehead atoms. The van der Waals surface area contributed by atoms with Gasteiger partial charge in [-0.05, 0) is 11.8 Å². The minimum atomic E-state index is -0.694. The summed E-state index contributed by atoms with van der Waals surface area (Å²) in [6, 6.07) is 16.4. The van der Waals surface area contributed by atoms with Crippen LogP contribution in [0.2, 0.25) is 0 Å². The van der Waals surface area contributed by atoms with Crippen LogP contribution in [0.1, 0.15) is 0 Å². The average molecular weight is 657 g/mol. The Balaban J connectivity index is 0.000000202. The van der Waals surface area contributed by atoms with Crippen LogP contribution in [0.5, 0.6) is 0 Å². The predicted octanol–water partition coefficient (Wildman–Crippen LogP) is 5.12. The molecule has 35 heavy (non-hydrogen) atoms. The Morgan fingerprint density at radius 2 is 1.29 bits per heavy atom. The molecule has 0 N–H and O–H groups in total. The zero-order valence-electron chi connectivity index (χ0n) is 18.5. The van der Waals surface area contributed by atoms with Crippen LogP contribution in [0.3, 0.4) is 0 Å². The van der Waals surface area contributed by atoms with Gasteiger partial charge in [0.25, 0.3) is 0 Å². The minimum absolute atomic E-state index is 0. The molecular formula is C25H18F4IrN5. The van der Waals surface area contributed by atoms with E-state index in [1.54, 1.807) is 72.4 Å². The molecule has 1 radical (unpaired) electrons. The van der Waals surface area contributed by atoms with Crippen LogP contribution < -0.4 is 0 Å². The van der Waals surface area contributed by atoms with E-state index in [-0.39, 0.29) is 36.8 Å². The maximum absolute atomic E-state index is 13.9. The number of halogens is 4. The van der Waals surface area contributed by atoms with Crippen molar-refractivity contribution in [2.45, 2.75) is 0 Å². The molecule has 2 aromatic carbocycles. The van der Waals surface area contributed by atoms with Crippen LogP contribution in [0.15, 0.2) is 67.1 Å².